The molecule has 0 saturated heterocycles. The van der Waals surface area contributed by atoms with Crippen molar-refractivity contribution in [2.24, 2.45) is 5.92 Å². The Morgan fingerprint density at radius 2 is 1.68 bits per heavy atom. The average molecular weight is 323 g/mol. The zero-order chi connectivity index (χ0) is 13.4. The second-order valence-corrected chi connectivity index (χ2v) is 5.96. The van der Waals surface area contributed by atoms with Gasteiger partial charge in [0.1, 0.15) is 11.6 Å². The minimum atomic E-state index is -0.448. The molecule has 0 radical (unpaired) electrons. The fraction of sp³-hybridized carbons (Fsp3) is 0.250. The molecule has 0 spiro atoms. The van der Waals surface area contributed by atoms with E-state index in [1.54, 1.807) is 0 Å². The van der Waals surface area contributed by atoms with Gasteiger partial charge in [0, 0.05) is 10.4 Å². The predicted octanol–water partition coefficient (Wildman–Crippen LogP) is 4.82. The van der Waals surface area contributed by atoms with E-state index in [1.807, 2.05) is 12.1 Å². The summed E-state index contributed by atoms with van der Waals surface area (Å²) in [4.78, 5) is 0.169. The molecule has 0 N–H and O–H groups in total. The van der Waals surface area contributed by atoms with Crippen molar-refractivity contribution >= 4 is 15.9 Å². The first-order valence-corrected chi connectivity index (χ1v) is 7.23. The van der Waals surface area contributed by atoms with Crippen molar-refractivity contribution in [3.8, 4) is 0 Å². The molecule has 3 heteroatoms. The highest BCUT2D eigenvalue weighted by Crippen LogP contribution is 2.43. The molecule has 2 atom stereocenters. The molecule has 0 aliphatic heterocycles. The lowest BCUT2D eigenvalue weighted by Gasteiger charge is -2.15. The van der Waals surface area contributed by atoms with Gasteiger partial charge in [0.05, 0.1) is 0 Å². The highest BCUT2D eigenvalue weighted by atomic mass is 79.9. The van der Waals surface area contributed by atoms with Gasteiger partial charge in [-0.1, -0.05) is 46.3 Å². The summed E-state index contributed by atoms with van der Waals surface area (Å²) in [5.74, 6) is -0.699. The number of alkyl halides is 1. The predicted molar refractivity (Wildman–Crippen MR) is 75.4 cm³/mol. The van der Waals surface area contributed by atoms with Crippen LogP contribution in [0.15, 0.2) is 42.5 Å². The minimum absolute atomic E-state index is 0.169. The molecule has 0 saturated carbocycles. The molecule has 2 aromatic carbocycles. The maximum Gasteiger partial charge on any atom is 0.129 e. The van der Waals surface area contributed by atoms with Crippen molar-refractivity contribution in [3.63, 3.8) is 0 Å². The van der Waals surface area contributed by atoms with Gasteiger partial charge in [0.25, 0.3) is 0 Å². The first-order valence-electron chi connectivity index (χ1n) is 6.31. The van der Waals surface area contributed by atoms with E-state index in [0.717, 1.165) is 6.42 Å². The Bertz CT molecular complexity index is 589. The Morgan fingerprint density at radius 1 is 1.00 bits per heavy atom. The molecule has 19 heavy (non-hydrogen) atoms. The van der Waals surface area contributed by atoms with E-state index in [9.17, 15) is 8.78 Å². The molecular weight excluding hydrogens is 310 g/mol. The molecule has 2 unspecified atom stereocenters. The monoisotopic (exact) mass is 322 g/mol. The zero-order valence-corrected chi connectivity index (χ0v) is 11.8. The molecule has 1 aliphatic carbocycles. The quantitative estimate of drug-likeness (QED) is 0.696. The summed E-state index contributed by atoms with van der Waals surface area (Å²) in [6.07, 6.45) is 1.28. The second kappa shape index (κ2) is 5.04. The van der Waals surface area contributed by atoms with Crippen molar-refractivity contribution < 1.29 is 8.78 Å². The molecule has 0 heterocycles. The Kier molecular flexibility index (Phi) is 3.40. The normalized spacial score (nSPS) is 21.4. The first kappa shape index (κ1) is 12.8. The summed E-state index contributed by atoms with van der Waals surface area (Å²) in [5.41, 5.74) is 2.71. The van der Waals surface area contributed by atoms with Crippen LogP contribution in [-0.4, -0.2) is 0 Å². The number of fused-ring (bicyclic) bond motifs is 1. The van der Waals surface area contributed by atoms with Crippen LogP contribution in [0, 0.1) is 17.6 Å². The van der Waals surface area contributed by atoms with Crippen LogP contribution in [0.25, 0.3) is 0 Å². The summed E-state index contributed by atoms with van der Waals surface area (Å²) in [6.45, 7) is 0. The zero-order valence-electron chi connectivity index (χ0n) is 10.2. The van der Waals surface area contributed by atoms with E-state index in [4.69, 9.17) is 0 Å². The fourth-order valence-electron chi connectivity index (χ4n) is 2.79. The third kappa shape index (κ3) is 2.32. The van der Waals surface area contributed by atoms with Crippen LogP contribution in [0.1, 0.15) is 21.5 Å². The third-order valence-electron chi connectivity index (χ3n) is 3.78. The van der Waals surface area contributed by atoms with Gasteiger partial charge in [-0.15, -0.1) is 0 Å². The highest BCUT2D eigenvalue weighted by molar-refractivity contribution is 9.09. The van der Waals surface area contributed by atoms with Gasteiger partial charge >= 0.3 is 0 Å². The van der Waals surface area contributed by atoms with E-state index in [2.05, 4.69) is 28.1 Å². The minimum Gasteiger partial charge on any atom is -0.207 e. The van der Waals surface area contributed by atoms with Crippen molar-refractivity contribution in [1.82, 2.24) is 0 Å². The lowest BCUT2D eigenvalue weighted by molar-refractivity contribution is 0.495. The molecule has 98 valence electrons. The Labute approximate surface area is 119 Å². The van der Waals surface area contributed by atoms with Gasteiger partial charge in [-0.3, -0.25) is 0 Å². The molecule has 3 rings (SSSR count). The van der Waals surface area contributed by atoms with Crippen molar-refractivity contribution in [3.05, 3.63) is 70.8 Å². The molecular formula is C16H13BrF2. The topological polar surface area (TPSA) is 0 Å². The molecule has 0 fully saturated rings. The molecule has 0 amide bonds. The number of hydrogen-bond donors (Lipinski definition) is 0. The van der Waals surface area contributed by atoms with E-state index in [-0.39, 0.29) is 16.3 Å². The summed E-state index contributed by atoms with van der Waals surface area (Å²) >= 11 is 3.67. The number of halogens is 3. The Hall–Kier alpha value is -1.22. The molecule has 0 nitrogen and oxygen atoms in total. The van der Waals surface area contributed by atoms with E-state index in [1.165, 1.54) is 29.3 Å². The molecule has 0 bridgehead atoms. The maximum atomic E-state index is 13.7. The van der Waals surface area contributed by atoms with Gasteiger partial charge < -0.3 is 0 Å². The van der Waals surface area contributed by atoms with Crippen LogP contribution in [0.5, 0.6) is 0 Å². The summed E-state index contributed by atoms with van der Waals surface area (Å²) in [5, 5.41) is 0. The fourth-order valence-corrected chi connectivity index (χ4v) is 3.61. The van der Waals surface area contributed by atoms with Gasteiger partial charge in [-0.05, 0) is 42.0 Å². The van der Waals surface area contributed by atoms with Gasteiger partial charge in [0.2, 0.25) is 0 Å². The first-order chi connectivity index (χ1) is 9.16. The third-order valence-corrected chi connectivity index (χ3v) is 5.02. The van der Waals surface area contributed by atoms with Crippen molar-refractivity contribution in [2.75, 3.05) is 0 Å². The lowest BCUT2D eigenvalue weighted by atomic mass is 9.96. The van der Waals surface area contributed by atoms with E-state index in [0.29, 0.717) is 6.42 Å². The van der Waals surface area contributed by atoms with Crippen LogP contribution in [-0.2, 0) is 12.8 Å². The molecule has 1 aliphatic rings. The Morgan fingerprint density at radius 3 is 2.37 bits per heavy atom. The number of rotatable bonds is 2. The van der Waals surface area contributed by atoms with Crippen molar-refractivity contribution in [2.45, 2.75) is 17.7 Å². The largest absolute Gasteiger partial charge is 0.207 e. The van der Waals surface area contributed by atoms with Crippen LogP contribution in [0.4, 0.5) is 8.78 Å². The van der Waals surface area contributed by atoms with Crippen LogP contribution in [0.3, 0.4) is 0 Å². The van der Waals surface area contributed by atoms with Gasteiger partial charge in [-0.25, -0.2) is 8.78 Å². The molecule has 2 aromatic rings. The summed E-state index contributed by atoms with van der Waals surface area (Å²) in [7, 11) is 0. The lowest BCUT2D eigenvalue weighted by Crippen LogP contribution is -2.09. The number of hydrogen-bond acceptors (Lipinski definition) is 0. The SMILES string of the molecule is Fc1cccc(F)c1CC1Cc2ccccc2C1Br. The highest BCUT2D eigenvalue weighted by Gasteiger charge is 2.31. The number of benzene rings is 2. The molecule has 0 aromatic heterocycles. The summed E-state index contributed by atoms with van der Waals surface area (Å²) < 4.78 is 27.4. The van der Waals surface area contributed by atoms with E-state index < -0.39 is 11.6 Å². The van der Waals surface area contributed by atoms with Crippen LogP contribution >= 0.6 is 15.9 Å². The average Bonchev–Trinajstić information content (AvgIpc) is 2.72. The van der Waals surface area contributed by atoms with Gasteiger partial charge in [0.15, 0.2) is 0 Å². The van der Waals surface area contributed by atoms with Gasteiger partial charge in [-0.2, -0.15) is 0 Å². The summed E-state index contributed by atoms with van der Waals surface area (Å²) in [6, 6.07) is 12.2. The van der Waals surface area contributed by atoms with E-state index >= 15 is 0 Å². The van der Waals surface area contributed by atoms with Crippen molar-refractivity contribution in [1.29, 1.82) is 0 Å². The second-order valence-electron chi connectivity index (χ2n) is 4.97. The standard InChI is InChI=1S/C16H13BrF2/c17-16-11(8-10-4-1-2-5-12(10)16)9-13-14(18)6-3-7-15(13)19/h1-7,11,16H,8-9H2. The van der Waals surface area contributed by atoms with Crippen LogP contribution in [0.2, 0.25) is 0 Å². The maximum absolute atomic E-state index is 13.7. The Balaban J connectivity index is 1.87. The smallest absolute Gasteiger partial charge is 0.129 e. The van der Waals surface area contributed by atoms with Crippen LogP contribution < -0.4 is 0 Å².